The molecular formula is C22H23BrN2O2. The Balaban J connectivity index is 1.79. The Morgan fingerprint density at radius 3 is 2.63 bits per heavy atom. The van der Waals surface area contributed by atoms with Crippen LogP contribution in [0.3, 0.4) is 0 Å². The molecule has 0 fully saturated rings. The zero-order chi connectivity index (χ0) is 19.4. The maximum absolute atomic E-state index is 12.8. The highest BCUT2D eigenvalue weighted by Gasteiger charge is 2.28. The van der Waals surface area contributed by atoms with Gasteiger partial charge in [0.1, 0.15) is 5.75 Å². The Morgan fingerprint density at radius 1 is 1.22 bits per heavy atom. The summed E-state index contributed by atoms with van der Waals surface area (Å²) in [6, 6.07) is 15.3. The van der Waals surface area contributed by atoms with Gasteiger partial charge in [0.05, 0.1) is 28.1 Å². The van der Waals surface area contributed by atoms with Gasteiger partial charge in [-0.3, -0.25) is 4.79 Å². The molecule has 0 radical (unpaired) electrons. The van der Waals surface area contributed by atoms with Crippen molar-refractivity contribution in [2.24, 2.45) is 11.0 Å². The van der Waals surface area contributed by atoms with Crippen molar-refractivity contribution in [3.63, 3.8) is 0 Å². The summed E-state index contributed by atoms with van der Waals surface area (Å²) < 4.78 is 6.74. The fourth-order valence-electron chi connectivity index (χ4n) is 2.67. The molecule has 2 aromatic rings. The zero-order valence-corrected chi connectivity index (χ0v) is 17.4. The first-order valence-corrected chi connectivity index (χ1v) is 9.88. The number of anilines is 1. The monoisotopic (exact) mass is 426 g/mol. The summed E-state index contributed by atoms with van der Waals surface area (Å²) >= 11 is 3.57. The van der Waals surface area contributed by atoms with Crippen molar-refractivity contribution in [3.8, 4) is 5.75 Å². The van der Waals surface area contributed by atoms with Crippen LogP contribution in [0.15, 0.2) is 63.7 Å². The number of amides is 1. The fourth-order valence-corrected chi connectivity index (χ4v) is 3.18. The van der Waals surface area contributed by atoms with Crippen LogP contribution >= 0.6 is 15.9 Å². The Bertz CT molecular complexity index is 890. The number of nitrogens with zero attached hydrogens (tertiary/aromatic N) is 2. The lowest BCUT2D eigenvalue weighted by atomic mass is 10.1. The van der Waals surface area contributed by atoms with E-state index < -0.39 is 0 Å². The van der Waals surface area contributed by atoms with Crippen LogP contribution < -0.4 is 9.75 Å². The van der Waals surface area contributed by atoms with E-state index in [0.29, 0.717) is 23.8 Å². The van der Waals surface area contributed by atoms with E-state index in [1.54, 1.807) is 0 Å². The van der Waals surface area contributed by atoms with E-state index in [2.05, 4.69) is 34.9 Å². The van der Waals surface area contributed by atoms with Crippen LogP contribution in [0, 0.1) is 5.92 Å². The molecule has 0 saturated carbocycles. The van der Waals surface area contributed by atoms with E-state index in [1.165, 1.54) is 5.01 Å². The number of carbonyl (C=O) groups excluding carboxylic acids is 1. The van der Waals surface area contributed by atoms with Crippen LogP contribution in [0.25, 0.3) is 6.08 Å². The van der Waals surface area contributed by atoms with E-state index in [4.69, 9.17) is 4.74 Å². The van der Waals surface area contributed by atoms with E-state index in [1.807, 2.05) is 61.5 Å². The van der Waals surface area contributed by atoms with Crippen LogP contribution in [0.2, 0.25) is 0 Å². The predicted molar refractivity (Wildman–Crippen MR) is 114 cm³/mol. The summed E-state index contributed by atoms with van der Waals surface area (Å²) in [6.07, 6.45) is 2.95. The second-order valence-corrected chi connectivity index (χ2v) is 7.56. The summed E-state index contributed by atoms with van der Waals surface area (Å²) in [6.45, 7) is 6.86. The number of hydrazone groups is 1. The van der Waals surface area contributed by atoms with Crippen molar-refractivity contribution in [3.05, 3.63) is 64.1 Å². The summed E-state index contributed by atoms with van der Waals surface area (Å²) in [7, 11) is 0. The maximum atomic E-state index is 12.8. The van der Waals surface area contributed by atoms with Gasteiger partial charge in [-0.15, -0.1) is 0 Å². The van der Waals surface area contributed by atoms with Crippen LogP contribution in [0.5, 0.6) is 5.75 Å². The van der Waals surface area contributed by atoms with Crippen molar-refractivity contribution in [1.29, 1.82) is 0 Å². The van der Waals surface area contributed by atoms with Gasteiger partial charge in [-0.1, -0.05) is 44.5 Å². The van der Waals surface area contributed by atoms with Crippen LogP contribution in [0.4, 0.5) is 5.69 Å². The Labute approximate surface area is 168 Å². The molecule has 1 atom stereocenters. The first kappa shape index (κ1) is 19.4. The van der Waals surface area contributed by atoms with Crippen LogP contribution in [0.1, 0.15) is 32.8 Å². The molecule has 1 aliphatic heterocycles. The SMILES string of the molecule is CC[C@H](C)COc1ccc(/C=C2\C(=O)N(c3ccccc3)N=C2C)cc1Br. The number of ether oxygens (including phenoxy) is 1. The van der Waals surface area contributed by atoms with Gasteiger partial charge in [0.25, 0.3) is 5.91 Å². The summed E-state index contributed by atoms with van der Waals surface area (Å²) in [5, 5.41) is 5.86. The minimum Gasteiger partial charge on any atom is -0.492 e. The molecule has 3 rings (SSSR count). The minimum absolute atomic E-state index is 0.119. The lowest BCUT2D eigenvalue weighted by Crippen LogP contribution is -2.21. The van der Waals surface area contributed by atoms with E-state index in [0.717, 1.165) is 27.9 Å². The standard InChI is InChI=1S/C22H23BrN2O2/c1-4-15(2)14-27-21-11-10-17(13-20(21)23)12-19-16(3)24-25(22(19)26)18-8-6-5-7-9-18/h5-13,15H,4,14H2,1-3H3/b19-12-/t15-/m0/s1. The second-order valence-electron chi connectivity index (χ2n) is 6.71. The third-order valence-electron chi connectivity index (χ3n) is 4.55. The molecule has 4 nitrogen and oxygen atoms in total. The molecule has 0 bridgehead atoms. The zero-order valence-electron chi connectivity index (χ0n) is 15.8. The van der Waals surface area contributed by atoms with Crippen LogP contribution in [-0.2, 0) is 4.79 Å². The Kier molecular flexibility index (Phi) is 6.11. The van der Waals surface area contributed by atoms with Gasteiger partial charge < -0.3 is 4.74 Å². The molecular weight excluding hydrogens is 404 g/mol. The summed E-state index contributed by atoms with van der Waals surface area (Å²) in [5.41, 5.74) is 2.99. The molecule has 27 heavy (non-hydrogen) atoms. The fraction of sp³-hybridized carbons (Fsp3) is 0.273. The highest BCUT2D eigenvalue weighted by atomic mass is 79.9. The first-order valence-electron chi connectivity index (χ1n) is 9.08. The second kappa shape index (κ2) is 8.53. The molecule has 1 aliphatic rings. The molecule has 0 unspecified atom stereocenters. The summed E-state index contributed by atoms with van der Waals surface area (Å²) in [5.74, 6) is 1.20. The molecule has 0 aromatic heterocycles. The maximum Gasteiger partial charge on any atom is 0.280 e. The highest BCUT2D eigenvalue weighted by molar-refractivity contribution is 9.10. The number of para-hydroxylation sites is 1. The van der Waals surface area contributed by atoms with Gasteiger partial charge in [-0.05, 0) is 64.7 Å². The lowest BCUT2D eigenvalue weighted by molar-refractivity contribution is -0.114. The normalized spacial score (nSPS) is 16.6. The van der Waals surface area contributed by atoms with Gasteiger partial charge >= 0.3 is 0 Å². The first-order chi connectivity index (χ1) is 13.0. The van der Waals surface area contributed by atoms with E-state index >= 15 is 0 Å². The third kappa shape index (κ3) is 4.48. The Hall–Kier alpha value is -2.40. The van der Waals surface area contributed by atoms with Crippen molar-refractivity contribution in [1.82, 2.24) is 0 Å². The van der Waals surface area contributed by atoms with Gasteiger partial charge in [0, 0.05) is 0 Å². The lowest BCUT2D eigenvalue weighted by Gasteiger charge is -2.13. The van der Waals surface area contributed by atoms with Crippen molar-refractivity contribution >= 4 is 39.3 Å². The number of halogens is 1. The molecule has 1 amide bonds. The minimum atomic E-state index is -0.119. The smallest absolute Gasteiger partial charge is 0.280 e. The average molecular weight is 427 g/mol. The average Bonchev–Trinajstić information content (AvgIpc) is 2.96. The highest BCUT2D eigenvalue weighted by Crippen LogP contribution is 2.29. The van der Waals surface area contributed by atoms with Gasteiger partial charge in [-0.25, -0.2) is 0 Å². The van der Waals surface area contributed by atoms with Gasteiger partial charge in [0.15, 0.2) is 0 Å². The molecule has 5 heteroatoms. The molecule has 1 heterocycles. The largest absolute Gasteiger partial charge is 0.492 e. The third-order valence-corrected chi connectivity index (χ3v) is 5.17. The van der Waals surface area contributed by atoms with Crippen molar-refractivity contribution in [2.75, 3.05) is 11.6 Å². The summed E-state index contributed by atoms with van der Waals surface area (Å²) in [4.78, 5) is 12.8. The van der Waals surface area contributed by atoms with E-state index in [9.17, 15) is 4.79 Å². The number of hydrogen-bond donors (Lipinski definition) is 0. The molecule has 0 N–H and O–H groups in total. The number of rotatable bonds is 6. The van der Waals surface area contributed by atoms with Crippen molar-refractivity contribution in [2.45, 2.75) is 27.2 Å². The number of hydrogen-bond acceptors (Lipinski definition) is 3. The number of carbonyl (C=O) groups is 1. The predicted octanol–water partition coefficient (Wildman–Crippen LogP) is 5.68. The van der Waals surface area contributed by atoms with E-state index in [-0.39, 0.29) is 5.91 Å². The Morgan fingerprint density at radius 2 is 1.96 bits per heavy atom. The topological polar surface area (TPSA) is 41.9 Å². The van der Waals surface area contributed by atoms with Crippen molar-refractivity contribution < 1.29 is 9.53 Å². The number of benzene rings is 2. The van der Waals surface area contributed by atoms with Crippen LogP contribution in [-0.4, -0.2) is 18.2 Å². The van der Waals surface area contributed by atoms with Gasteiger partial charge in [0.2, 0.25) is 0 Å². The molecule has 2 aromatic carbocycles. The molecule has 0 spiro atoms. The van der Waals surface area contributed by atoms with Gasteiger partial charge in [-0.2, -0.15) is 10.1 Å². The molecule has 0 saturated heterocycles. The molecule has 140 valence electrons. The quantitative estimate of drug-likeness (QED) is 0.557. The molecule has 0 aliphatic carbocycles.